The molecule has 0 heterocycles. The molecule has 0 atom stereocenters. The molecule has 0 bridgehead atoms. The van der Waals surface area contributed by atoms with E-state index in [0.717, 1.165) is 19.3 Å². The number of hydrogen-bond acceptors (Lipinski definition) is 10. The Morgan fingerprint density at radius 1 is 0.842 bits per heavy atom. The van der Waals surface area contributed by atoms with Crippen molar-refractivity contribution in [1.82, 2.24) is 5.64 Å². The van der Waals surface area contributed by atoms with Gasteiger partial charge in [0.05, 0.1) is 7.11 Å². The predicted octanol–water partition coefficient (Wildman–Crippen LogP) is -1.81. The van der Waals surface area contributed by atoms with Gasteiger partial charge < -0.3 is 19.2 Å². The van der Waals surface area contributed by atoms with Gasteiger partial charge in [-0.1, -0.05) is 0 Å². The van der Waals surface area contributed by atoms with Gasteiger partial charge in [-0.2, -0.15) is 5.90 Å². The minimum Gasteiger partial charge on any atom is -0.466 e. The molecule has 0 aromatic carbocycles. The summed E-state index contributed by atoms with van der Waals surface area (Å²) in [5.41, 5.74) is 1.53. The Balaban J connectivity index is 3.91. The Bertz CT molecular complexity index is 376. The lowest BCUT2D eigenvalue weighted by atomic mass is 10.5. The molecular weight excluding hydrogens is 264 g/mol. The second-order valence-electron chi connectivity index (χ2n) is 2.55. The van der Waals surface area contributed by atoms with Crippen molar-refractivity contribution >= 4 is 23.9 Å². The SMILES string of the molecule is COC(=O)/C=C/C(=O)ONOC(=O)/C=C/C(=O)ON. The molecule has 0 aromatic heterocycles. The van der Waals surface area contributed by atoms with Crippen LogP contribution < -0.4 is 11.5 Å². The quantitative estimate of drug-likeness (QED) is 0.323. The van der Waals surface area contributed by atoms with E-state index in [2.05, 4.69) is 25.1 Å². The van der Waals surface area contributed by atoms with Crippen molar-refractivity contribution < 1.29 is 38.4 Å². The van der Waals surface area contributed by atoms with E-state index in [9.17, 15) is 19.2 Å². The van der Waals surface area contributed by atoms with Crippen LogP contribution in [0.3, 0.4) is 0 Å². The fourth-order valence-electron chi connectivity index (χ4n) is 0.550. The van der Waals surface area contributed by atoms with Crippen LogP contribution in [0.25, 0.3) is 0 Å². The van der Waals surface area contributed by atoms with E-state index >= 15 is 0 Å². The van der Waals surface area contributed by atoms with Gasteiger partial charge in [-0.3, -0.25) is 0 Å². The second kappa shape index (κ2) is 9.32. The fourth-order valence-corrected chi connectivity index (χ4v) is 0.550. The van der Waals surface area contributed by atoms with Crippen molar-refractivity contribution in [2.45, 2.75) is 0 Å². The van der Waals surface area contributed by atoms with Crippen molar-refractivity contribution in [2.75, 3.05) is 7.11 Å². The van der Waals surface area contributed by atoms with Gasteiger partial charge in [0, 0.05) is 29.9 Å². The van der Waals surface area contributed by atoms with Crippen LogP contribution in [0.5, 0.6) is 0 Å². The molecule has 10 nitrogen and oxygen atoms in total. The molecule has 0 saturated carbocycles. The lowest BCUT2D eigenvalue weighted by Crippen LogP contribution is -2.22. The van der Waals surface area contributed by atoms with Crippen LogP contribution in [0.1, 0.15) is 0 Å². The van der Waals surface area contributed by atoms with E-state index in [1.54, 1.807) is 0 Å². The topological polar surface area (TPSA) is 143 Å². The highest BCUT2D eigenvalue weighted by molar-refractivity contribution is 5.92. The molecule has 0 aliphatic heterocycles. The highest BCUT2D eigenvalue weighted by atomic mass is 16.9. The fraction of sp³-hybridized carbons (Fsp3) is 0.111. The number of carbonyl (C=O) groups is 4. The van der Waals surface area contributed by atoms with Crippen LogP contribution in [-0.4, -0.2) is 31.0 Å². The number of ether oxygens (including phenoxy) is 1. The first-order valence-corrected chi connectivity index (χ1v) is 4.51. The Kier molecular flexibility index (Phi) is 7.99. The van der Waals surface area contributed by atoms with Gasteiger partial charge in [0.25, 0.3) is 0 Å². The molecule has 0 aliphatic rings. The van der Waals surface area contributed by atoms with Gasteiger partial charge in [-0.15, -0.1) is 0 Å². The van der Waals surface area contributed by atoms with E-state index < -0.39 is 23.9 Å². The molecule has 0 aliphatic carbocycles. The second-order valence-corrected chi connectivity index (χ2v) is 2.55. The normalized spacial score (nSPS) is 10.2. The number of nitrogens with two attached hydrogens (primary N) is 1. The van der Waals surface area contributed by atoms with Gasteiger partial charge in [0.1, 0.15) is 0 Å². The molecule has 3 N–H and O–H groups in total. The smallest absolute Gasteiger partial charge is 0.353 e. The maximum atomic E-state index is 10.9. The van der Waals surface area contributed by atoms with Gasteiger partial charge in [0.2, 0.25) is 0 Å². The summed E-state index contributed by atoms with van der Waals surface area (Å²) >= 11 is 0. The lowest BCUT2D eigenvalue weighted by molar-refractivity contribution is -0.191. The predicted molar refractivity (Wildman–Crippen MR) is 55.9 cm³/mol. The zero-order valence-electron chi connectivity index (χ0n) is 9.65. The largest absolute Gasteiger partial charge is 0.466 e. The summed E-state index contributed by atoms with van der Waals surface area (Å²) < 4.78 is 4.21. The third kappa shape index (κ3) is 9.02. The summed E-state index contributed by atoms with van der Waals surface area (Å²) in [6, 6.07) is 0. The molecule has 0 unspecified atom stereocenters. The van der Waals surface area contributed by atoms with Crippen LogP contribution in [0, 0.1) is 0 Å². The number of hydrogen-bond donors (Lipinski definition) is 2. The van der Waals surface area contributed by atoms with Crippen molar-refractivity contribution in [3.8, 4) is 0 Å². The van der Waals surface area contributed by atoms with Gasteiger partial charge in [0.15, 0.2) is 0 Å². The maximum absolute atomic E-state index is 10.9. The summed E-state index contributed by atoms with van der Waals surface area (Å²) in [4.78, 5) is 54.8. The van der Waals surface area contributed by atoms with Crippen molar-refractivity contribution in [1.29, 1.82) is 0 Å². The Morgan fingerprint density at radius 3 is 1.68 bits per heavy atom. The van der Waals surface area contributed by atoms with Gasteiger partial charge >= 0.3 is 23.9 Å². The minimum atomic E-state index is -1.06. The minimum absolute atomic E-state index is 0.667. The van der Waals surface area contributed by atoms with E-state index in [-0.39, 0.29) is 0 Å². The van der Waals surface area contributed by atoms with Gasteiger partial charge in [-0.05, 0) is 0 Å². The number of esters is 1. The van der Waals surface area contributed by atoms with Crippen molar-refractivity contribution in [3.05, 3.63) is 24.3 Å². The molecular formula is C9H10N2O8. The molecule has 0 saturated heterocycles. The van der Waals surface area contributed by atoms with Crippen LogP contribution in [-0.2, 0) is 38.4 Å². The highest BCUT2D eigenvalue weighted by Gasteiger charge is 2.03. The number of nitrogens with one attached hydrogen (secondary N) is 1. The molecule has 0 aromatic rings. The molecule has 0 fully saturated rings. The van der Waals surface area contributed by atoms with E-state index in [4.69, 9.17) is 0 Å². The van der Waals surface area contributed by atoms with E-state index in [0.29, 0.717) is 12.2 Å². The standard InChI is InChI=1S/C9H10N2O8/c1-16-6(12)2-4-8(14)18-11-19-9(15)5-3-7(13)17-10/h2-5,11H,10H2,1H3/b4-2+,5-3+. The first-order chi connectivity index (χ1) is 8.99. The summed E-state index contributed by atoms with van der Waals surface area (Å²) in [6.07, 6.45) is 2.88. The number of carbonyl (C=O) groups excluding carboxylic acids is 4. The zero-order valence-corrected chi connectivity index (χ0v) is 9.65. The Morgan fingerprint density at radius 2 is 1.26 bits per heavy atom. The lowest BCUT2D eigenvalue weighted by Gasteiger charge is -2.00. The van der Waals surface area contributed by atoms with Crippen molar-refractivity contribution in [3.63, 3.8) is 0 Å². The van der Waals surface area contributed by atoms with Crippen molar-refractivity contribution in [2.24, 2.45) is 5.90 Å². The molecule has 19 heavy (non-hydrogen) atoms. The Hall–Kier alpha value is -2.72. The van der Waals surface area contributed by atoms with E-state index in [1.165, 1.54) is 5.64 Å². The van der Waals surface area contributed by atoms with Gasteiger partial charge in [-0.25, -0.2) is 19.2 Å². The van der Waals surface area contributed by atoms with E-state index in [1.807, 2.05) is 0 Å². The van der Waals surface area contributed by atoms with Crippen LogP contribution in [0.2, 0.25) is 0 Å². The third-order valence-corrected chi connectivity index (χ3v) is 1.31. The average molecular weight is 274 g/mol. The van der Waals surface area contributed by atoms with Crippen LogP contribution >= 0.6 is 0 Å². The molecule has 104 valence electrons. The van der Waals surface area contributed by atoms with Crippen LogP contribution in [0.15, 0.2) is 24.3 Å². The summed E-state index contributed by atoms with van der Waals surface area (Å²) in [7, 11) is 1.12. The first-order valence-electron chi connectivity index (χ1n) is 4.51. The maximum Gasteiger partial charge on any atom is 0.353 e. The summed E-state index contributed by atoms with van der Waals surface area (Å²) in [5.74, 6) is 0.656. The third-order valence-electron chi connectivity index (χ3n) is 1.31. The molecule has 0 radical (unpaired) electrons. The highest BCUT2D eigenvalue weighted by Crippen LogP contribution is 1.84. The molecule has 0 amide bonds. The van der Waals surface area contributed by atoms with Crippen LogP contribution in [0.4, 0.5) is 0 Å². The summed E-state index contributed by atoms with van der Waals surface area (Å²) in [5, 5.41) is 0. The Labute approximate surface area is 106 Å². The average Bonchev–Trinajstić information content (AvgIpc) is 2.41. The molecule has 10 heteroatoms. The monoisotopic (exact) mass is 274 g/mol. The molecule has 0 spiro atoms. The molecule has 0 rings (SSSR count). The first kappa shape index (κ1) is 16.3. The number of rotatable bonds is 6. The zero-order chi connectivity index (χ0) is 14.7. The number of methoxy groups -OCH3 is 1. The summed E-state index contributed by atoms with van der Waals surface area (Å²) in [6.45, 7) is 0.